The molecule has 1 aromatic carbocycles. The van der Waals surface area contributed by atoms with Gasteiger partial charge in [-0.25, -0.2) is 4.79 Å². The number of hydrogen-bond acceptors (Lipinski definition) is 5. The van der Waals surface area contributed by atoms with Gasteiger partial charge in [0.15, 0.2) is 0 Å². The number of para-hydroxylation sites is 1. The first-order chi connectivity index (χ1) is 14.6. The van der Waals surface area contributed by atoms with E-state index in [4.69, 9.17) is 20.8 Å². The van der Waals surface area contributed by atoms with Crippen LogP contribution in [0.4, 0.5) is 10.5 Å². The first-order valence-electron chi connectivity index (χ1n) is 10.5. The minimum atomic E-state index is -0.0321. The number of carbonyl (C=O) groups is 1. The van der Waals surface area contributed by atoms with Crippen LogP contribution in [0.15, 0.2) is 40.8 Å². The summed E-state index contributed by atoms with van der Waals surface area (Å²) in [6.07, 6.45) is 0. The van der Waals surface area contributed by atoms with Crippen molar-refractivity contribution in [3.8, 4) is 0 Å². The Balaban J connectivity index is 1.33. The second-order valence-corrected chi connectivity index (χ2v) is 8.13. The maximum absolute atomic E-state index is 12.8. The molecule has 8 heteroatoms. The zero-order valence-corrected chi connectivity index (χ0v) is 18.1. The van der Waals surface area contributed by atoms with Crippen LogP contribution in [0.1, 0.15) is 17.6 Å². The number of benzene rings is 1. The van der Waals surface area contributed by atoms with Crippen molar-refractivity contribution in [3.63, 3.8) is 0 Å². The molecule has 1 unspecified atom stereocenters. The maximum Gasteiger partial charge on any atom is 0.317 e. The number of hydrogen-bond donors (Lipinski definition) is 1. The molecule has 2 aromatic rings. The van der Waals surface area contributed by atoms with Crippen LogP contribution in [0.3, 0.4) is 0 Å². The quantitative estimate of drug-likeness (QED) is 0.786. The molecule has 2 saturated heterocycles. The van der Waals surface area contributed by atoms with E-state index in [0.717, 1.165) is 48.4 Å². The fraction of sp³-hybridized carbons (Fsp3) is 0.500. The number of halogens is 1. The maximum atomic E-state index is 12.8. The number of morpholine rings is 1. The zero-order chi connectivity index (χ0) is 20.9. The zero-order valence-electron chi connectivity index (χ0n) is 17.3. The third kappa shape index (κ3) is 4.91. The molecule has 0 aliphatic carbocycles. The second kappa shape index (κ2) is 9.73. The number of aryl methyl sites for hydroxylation is 1. The van der Waals surface area contributed by atoms with Crippen molar-refractivity contribution < 1.29 is 13.9 Å². The number of ether oxygens (including phenoxy) is 1. The van der Waals surface area contributed by atoms with E-state index in [1.165, 1.54) is 0 Å². The van der Waals surface area contributed by atoms with Gasteiger partial charge in [0, 0.05) is 45.8 Å². The monoisotopic (exact) mass is 432 g/mol. The first kappa shape index (κ1) is 21.0. The van der Waals surface area contributed by atoms with E-state index in [1.54, 1.807) is 0 Å². The van der Waals surface area contributed by atoms with Crippen LogP contribution in [0.2, 0.25) is 5.02 Å². The molecular weight excluding hydrogens is 404 g/mol. The minimum absolute atomic E-state index is 0.0102. The van der Waals surface area contributed by atoms with Gasteiger partial charge in [0.1, 0.15) is 11.5 Å². The Morgan fingerprint density at radius 2 is 1.80 bits per heavy atom. The van der Waals surface area contributed by atoms with E-state index in [-0.39, 0.29) is 12.1 Å². The van der Waals surface area contributed by atoms with Crippen LogP contribution in [0.5, 0.6) is 0 Å². The topological polar surface area (TPSA) is 61.2 Å². The number of nitrogens with one attached hydrogen (secondary N) is 1. The molecular formula is C22H29ClN4O3. The number of anilines is 1. The Labute approximate surface area is 182 Å². The van der Waals surface area contributed by atoms with E-state index in [2.05, 4.69) is 15.1 Å². The smallest absolute Gasteiger partial charge is 0.317 e. The van der Waals surface area contributed by atoms with Crippen molar-refractivity contribution in [1.29, 1.82) is 0 Å². The summed E-state index contributed by atoms with van der Waals surface area (Å²) in [4.78, 5) is 19.2. The molecule has 162 valence electrons. The van der Waals surface area contributed by atoms with Gasteiger partial charge in [-0.15, -0.1) is 0 Å². The molecule has 2 fully saturated rings. The van der Waals surface area contributed by atoms with Crippen LogP contribution >= 0.6 is 11.6 Å². The van der Waals surface area contributed by atoms with Gasteiger partial charge in [-0.2, -0.15) is 0 Å². The molecule has 3 heterocycles. The number of rotatable bonds is 5. The Morgan fingerprint density at radius 1 is 1.07 bits per heavy atom. The normalized spacial score (nSPS) is 19.0. The number of furan rings is 1. The lowest BCUT2D eigenvalue weighted by molar-refractivity contribution is 0.0119. The van der Waals surface area contributed by atoms with Crippen molar-refractivity contribution in [2.24, 2.45) is 0 Å². The summed E-state index contributed by atoms with van der Waals surface area (Å²) < 4.78 is 11.4. The lowest BCUT2D eigenvalue weighted by Crippen LogP contribution is -2.53. The van der Waals surface area contributed by atoms with Crippen LogP contribution in [0, 0.1) is 6.92 Å². The molecule has 2 aliphatic heterocycles. The Bertz CT molecular complexity index is 844. The van der Waals surface area contributed by atoms with Gasteiger partial charge in [0.25, 0.3) is 0 Å². The van der Waals surface area contributed by atoms with Crippen molar-refractivity contribution in [2.75, 3.05) is 63.9 Å². The first-order valence-corrected chi connectivity index (χ1v) is 10.9. The standard InChI is InChI=1S/C22H29ClN4O3/c1-17-6-7-21(30-17)20(26-12-14-29-15-13-26)16-24-22(28)27-10-8-25(9-11-27)19-5-3-2-4-18(19)23/h2-7,20H,8-16H2,1H3,(H,24,28). The fourth-order valence-electron chi connectivity index (χ4n) is 4.09. The summed E-state index contributed by atoms with van der Waals surface area (Å²) in [5.74, 6) is 1.77. The van der Waals surface area contributed by atoms with Crippen LogP contribution in [-0.2, 0) is 4.74 Å². The highest BCUT2D eigenvalue weighted by Crippen LogP contribution is 2.26. The number of piperazine rings is 1. The fourth-order valence-corrected chi connectivity index (χ4v) is 4.34. The molecule has 0 saturated carbocycles. The molecule has 0 bridgehead atoms. The Hall–Kier alpha value is -2.22. The van der Waals surface area contributed by atoms with Crippen LogP contribution < -0.4 is 10.2 Å². The van der Waals surface area contributed by atoms with E-state index >= 15 is 0 Å². The average Bonchev–Trinajstić information content (AvgIpc) is 3.21. The van der Waals surface area contributed by atoms with Crippen LogP contribution in [0.25, 0.3) is 0 Å². The largest absolute Gasteiger partial charge is 0.465 e. The average molecular weight is 433 g/mol. The van der Waals surface area contributed by atoms with Crippen molar-refractivity contribution >= 4 is 23.3 Å². The van der Waals surface area contributed by atoms with Gasteiger partial charge in [-0.05, 0) is 31.2 Å². The number of carbonyl (C=O) groups excluding carboxylic acids is 1. The predicted molar refractivity (Wildman–Crippen MR) is 117 cm³/mol. The molecule has 7 nitrogen and oxygen atoms in total. The van der Waals surface area contributed by atoms with E-state index < -0.39 is 0 Å². The number of amides is 2. The van der Waals surface area contributed by atoms with Gasteiger partial charge in [-0.1, -0.05) is 23.7 Å². The molecule has 0 spiro atoms. The van der Waals surface area contributed by atoms with Gasteiger partial charge < -0.3 is 24.3 Å². The molecule has 0 radical (unpaired) electrons. The van der Waals surface area contributed by atoms with E-state index in [9.17, 15) is 4.79 Å². The molecule has 2 amide bonds. The lowest BCUT2D eigenvalue weighted by atomic mass is 10.1. The summed E-state index contributed by atoms with van der Waals surface area (Å²) in [5.41, 5.74) is 1.03. The highest BCUT2D eigenvalue weighted by atomic mass is 35.5. The van der Waals surface area contributed by atoms with Gasteiger partial charge in [0.05, 0.1) is 30.0 Å². The molecule has 1 N–H and O–H groups in total. The van der Waals surface area contributed by atoms with E-state index in [0.29, 0.717) is 32.8 Å². The molecule has 4 rings (SSSR count). The molecule has 2 aliphatic rings. The summed E-state index contributed by atoms with van der Waals surface area (Å²) in [5, 5.41) is 3.87. The lowest BCUT2D eigenvalue weighted by Gasteiger charge is -2.37. The molecule has 1 atom stereocenters. The molecule has 1 aromatic heterocycles. The predicted octanol–water partition coefficient (Wildman–Crippen LogP) is 3.15. The Kier molecular flexibility index (Phi) is 6.82. The molecule has 30 heavy (non-hydrogen) atoms. The number of urea groups is 1. The highest BCUT2D eigenvalue weighted by Gasteiger charge is 2.27. The number of nitrogens with zero attached hydrogens (tertiary/aromatic N) is 3. The Morgan fingerprint density at radius 3 is 2.47 bits per heavy atom. The van der Waals surface area contributed by atoms with Crippen molar-refractivity contribution in [2.45, 2.75) is 13.0 Å². The SMILES string of the molecule is Cc1ccc(C(CNC(=O)N2CCN(c3ccccc3Cl)CC2)N2CCOCC2)o1. The summed E-state index contributed by atoms with van der Waals surface area (Å²) >= 11 is 6.32. The van der Waals surface area contributed by atoms with Crippen molar-refractivity contribution in [3.05, 3.63) is 52.9 Å². The highest BCUT2D eigenvalue weighted by molar-refractivity contribution is 6.33. The van der Waals surface area contributed by atoms with E-state index in [1.807, 2.05) is 48.2 Å². The summed E-state index contributed by atoms with van der Waals surface area (Å²) in [6, 6.07) is 11.8. The summed E-state index contributed by atoms with van der Waals surface area (Å²) in [6.45, 7) is 8.38. The van der Waals surface area contributed by atoms with Crippen molar-refractivity contribution in [1.82, 2.24) is 15.1 Å². The third-order valence-electron chi connectivity index (χ3n) is 5.78. The minimum Gasteiger partial charge on any atom is -0.465 e. The second-order valence-electron chi connectivity index (χ2n) is 7.72. The third-order valence-corrected chi connectivity index (χ3v) is 6.10. The van der Waals surface area contributed by atoms with Gasteiger partial charge in [0.2, 0.25) is 0 Å². The summed E-state index contributed by atoms with van der Waals surface area (Å²) in [7, 11) is 0. The van der Waals surface area contributed by atoms with Gasteiger partial charge in [-0.3, -0.25) is 4.90 Å². The van der Waals surface area contributed by atoms with Gasteiger partial charge >= 0.3 is 6.03 Å². The van der Waals surface area contributed by atoms with Crippen LogP contribution in [-0.4, -0.2) is 74.9 Å².